The molecule has 1 aliphatic carbocycles. The van der Waals surface area contributed by atoms with Crippen LogP contribution in [0.1, 0.15) is 152 Å². The molecule has 3 heterocycles. The van der Waals surface area contributed by atoms with Crippen molar-refractivity contribution in [3.63, 3.8) is 0 Å². The van der Waals surface area contributed by atoms with Crippen LogP contribution in [0.3, 0.4) is 0 Å². The fourth-order valence-corrected chi connectivity index (χ4v) is 11.8. The molecule has 15 atom stereocenters. The standard InChI is InChI=1S/C55H88NO14P/c1-12-13-27-67-71(11,64)70-48-25-23-42(31-51(48)66-10)30-40(7)50-34-47(59)39(6)29-38(5)46(58)33-45(57)37(4)28-35(2)19-15-14-16-20-36(3)49(65-9)32-43-24-22-41(8)55(63,69-43)52(60)53(61)56-26-18-17-21-44(56)54(62)68-50/h14-16,19-20,29,35,37,39-44,46,48-51,58,63H,12-13,17-18,21-28,30-34H2,1-11H3/b16-14+,19-15+,36-20+,38-29+/t35-,37-,39-,40-,41-,42?,43+,44?,46+,48-,49+,50+,51-,55-,71?/m1/s1. The highest BCUT2D eigenvalue weighted by atomic mass is 31.2. The molecule has 2 N–H and O–H groups in total. The van der Waals surface area contributed by atoms with Crippen LogP contribution in [0.2, 0.25) is 0 Å². The van der Waals surface area contributed by atoms with Gasteiger partial charge in [-0.1, -0.05) is 84.4 Å². The number of carbonyl (C=O) groups is 5. The van der Waals surface area contributed by atoms with Crippen LogP contribution in [0.4, 0.5) is 0 Å². The summed E-state index contributed by atoms with van der Waals surface area (Å²) in [5.74, 6) is -7.66. The lowest BCUT2D eigenvalue weighted by molar-refractivity contribution is -0.265. The van der Waals surface area contributed by atoms with Gasteiger partial charge in [-0.2, -0.15) is 0 Å². The molecule has 15 nitrogen and oxygen atoms in total. The normalized spacial score (nSPS) is 37.9. The summed E-state index contributed by atoms with van der Waals surface area (Å²) >= 11 is 0. The van der Waals surface area contributed by atoms with Crippen molar-refractivity contribution >= 4 is 36.8 Å². The summed E-state index contributed by atoms with van der Waals surface area (Å²) in [7, 11) is -0.163. The number of Topliss-reactive ketones (excluding diaryl/α,β-unsaturated/α-hetero) is 3. The van der Waals surface area contributed by atoms with Gasteiger partial charge in [0.05, 0.1) is 37.1 Å². The predicted octanol–water partition coefficient (Wildman–Crippen LogP) is 9.22. The fourth-order valence-electron chi connectivity index (χ4n) is 10.5. The number of hydrogen-bond acceptors (Lipinski definition) is 14. The Labute approximate surface area is 424 Å². The Bertz CT molecular complexity index is 1960. The van der Waals surface area contributed by atoms with Crippen molar-refractivity contribution in [3.8, 4) is 0 Å². The molecular formula is C55H88NO14P. The highest BCUT2D eigenvalue weighted by Crippen LogP contribution is 2.49. The van der Waals surface area contributed by atoms with Crippen LogP contribution in [0.5, 0.6) is 0 Å². The molecule has 2 saturated heterocycles. The number of unbranched alkanes of at least 4 members (excludes halogenated alkanes) is 1. The molecule has 1 saturated carbocycles. The number of fused-ring (bicyclic) bond motifs is 3. The van der Waals surface area contributed by atoms with Crippen LogP contribution in [-0.4, -0.2) is 127 Å². The van der Waals surface area contributed by atoms with E-state index in [1.54, 1.807) is 41.1 Å². The van der Waals surface area contributed by atoms with Gasteiger partial charge in [-0.3, -0.25) is 23.7 Å². The van der Waals surface area contributed by atoms with Crippen LogP contribution >= 0.6 is 7.60 Å². The van der Waals surface area contributed by atoms with E-state index in [4.69, 9.17) is 28.0 Å². The van der Waals surface area contributed by atoms with Gasteiger partial charge in [-0.05, 0) is 113 Å². The van der Waals surface area contributed by atoms with Gasteiger partial charge in [0.25, 0.3) is 11.7 Å². The molecule has 3 unspecified atom stereocenters. The molecule has 71 heavy (non-hydrogen) atoms. The first-order chi connectivity index (χ1) is 33.5. The van der Waals surface area contributed by atoms with Crippen LogP contribution < -0.4 is 0 Å². The third-order valence-electron chi connectivity index (χ3n) is 15.3. The third kappa shape index (κ3) is 17.8. The van der Waals surface area contributed by atoms with E-state index in [-0.39, 0.29) is 67.1 Å². The zero-order valence-electron chi connectivity index (χ0n) is 44.7. The Morgan fingerprint density at radius 3 is 2.30 bits per heavy atom. The topological polar surface area (TPSA) is 201 Å². The van der Waals surface area contributed by atoms with Gasteiger partial charge in [0, 0.05) is 64.4 Å². The number of hydrogen-bond donors (Lipinski definition) is 2. The van der Waals surface area contributed by atoms with E-state index in [2.05, 4.69) is 0 Å². The predicted molar refractivity (Wildman–Crippen MR) is 272 cm³/mol. The smallest absolute Gasteiger partial charge is 0.329 e. The van der Waals surface area contributed by atoms with E-state index >= 15 is 0 Å². The van der Waals surface area contributed by atoms with Crippen LogP contribution in [-0.2, 0) is 56.5 Å². The molecule has 3 fully saturated rings. The first-order valence-corrected chi connectivity index (χ1v) is 28.4. The van der Waals surface area contributed by atoms with E-state index in [9.17, 15) is 38.8 Å². The minimum atomic E-state index is -3.33. The Kier molecular flexibility index (Phi) is 24.3. The lowest BCUT2D eigenvalue weighted by Crippen LogP contribution is -2.61. The maximum Gasteiger partial charge on any atom is 0.329 e. The highest BCUT2D eigenvalue weighted by molar-refractivity contribution is 7.53. The average molecular weight is 1020 g/mol. The Hall–Kier alpha value is -3.14. The number of esters is 1. The Morgan fingerprint density at radius 2 is 1.61 bits per heavy atom. The van der Waals surface area contributed by atoms with Gasteiger partial charge in [0.1, 0.15) is 23.7 Å². The maximum absolute atomic E-state index is 14.5. The van der Waals surface area contributed by atoms with Crippen molar-refractivity contribution in [1.82, 2.24) is 4.90 Å². The lowest BCUT2D eigenvalue weighted by atomic mass is 9.78. The number of cyclic esters (lactones) is 1. The zero-order chi connectivity index (χ0) is 52.6. The van der Waals surface area contributed by atoms with Crippen LogP contribution in [0.25, 0.3) is 0 Å². The van der Waals surface area contributed by atoms with Crippen molar-refractivity contribution in [2.75, 3.05) is 34.0 Å². The number of aliphatic hydroxyl groups is 2. The number of methoxy groups -OCH3 is 2. The second-order valence-electron chi connectivity index (χ2n) is 21.3. The van der Waals surface area contributed by atoms with Gasteiger partial charge in [-0.25, -0.2) is 4.79 Å². The van der Waals surface area contributed by atoms with Crippen molar-refractivity contribution < 1.29 is 66.7 Å². The third-order valence-corrected chi connectivity index (χ3v) is 16.6. The van der Waals surface area contributed by atoms with E-state index in [0.717, 1.165) is 18.4 Å². The number of nitrogens with zero attached hydrogens (tertiary/aromatic N) is 1. The summed E-state index contributed by atoms with van der Waals surface area (Å²) in [5.41, 5.74) is 1.37. The van der Waals surface area contributed by atoms with Crippen molar-refractivity contribution in [3.05, 3.63) is 47.6 Å². The maximum atomic E-state index is 14.5. The van der Waals surface area contributed by atoms with Gasteiger partial charge in [0.15, 0.2) is 0 Å². The van der Waals surface area contributed by atoms with E-state index in [0.29, 0.717) is 76.4 Å². The Balaban J connectivity index is 1.65. The molecule has 0 aromatic rings. The summed E-state index contributed by atoms with van der Waals surface area (Å²) in [4.78, 5) is 71.9. The molecular weight excluding hydrogens is 930 g/mol. The zero-order valence-corrected chi connectivity index (χ0v) is 45.6. The largest absolute Gasteiger partial charge is 0.460 e. The molecule has 4 aliphatic rings. The molecule has 16 heteroatoms. The number of rotatable bonds is 11. The fraction of sp³-hybridized carbons (Fsp3) is 0.764. The summed E-state index contributed by atoms with van der Waals surface area (Å²) < 4.78 is 49.1. The van der Waals surface area contributed by atoms with Crippen molar-refractivity contribution in [1.29, 1.82) is 0 Å². The van der Waals surface area contributed by atoms with Crippen molar-refractivity contribution in [2.24, 2.45) is 35.5 Å². The molecule has 0 radical (unpaired) electrons. The summed E-state index contributed by atoms with van der Waals surface area (Å²) in [6, 6.07) is -1.15. The first kappa shape index (κ1) is 60.4. The number of amides is 1. The SMILES string of the molecule is CCCCOP(C)(=O)O[C@@H]1CCC(C[C@@H](C)[C@@H]2CC(=O)[C@H](C)/C=C(\C)[C@@H](O)CC(=O)[C@H](C)C[C@H](C)/C=C/C=C/C=C(\C)[C@@H](OC)C[C@@H]3CC[C@@H](C)[C@@](O)(O3)C(=O)C(=O)N3CCCCC3C(=O)O2)C[C@H]1OC. The number of carbonyl (C=O) groups excluding carboxylic acids is 5. The number of ketones is 3. The monoisotopic (exact) mass is 1020 g/mol. The highest BCUT2D eigenvalue weighted by Gasteiger charge is 2.53. The molecule has 0 aromatic carbocycles. The average Bonchev–Trinajstić information content (AvgIpc) is 3.33. The minimum Gasteiger partial charge on any atom is -0.460 e. The number of ether oxygens (including phenoxy) is 4. The minimum absolute atomic E-state index is 0.0625. The van der Waals surface area contributed by atoms with E-state index in [1.165, 1.54) is 11.6 Å². The second kappa shape index (κ2) is 28.5. The van der Waals surface area contributed by atoms with Gasteiger partial charge in [0.2, 0.25) is 5.79 Å². The van der Waals surface area contributed by atoms with Crippen molar-refractivity contribution in [2.45, 2.75) is 200 Å². The van der Waals surface area contributed by atoms with Crippen LogP contribution in [0.15, 0.2) is 47.6 Å². The molecule has 402 valence electrons. The molecule has 0 aromatic heterocycles. The molecule has 3 aliphatic heterocycles. The number of allylic oxidation sites excluding steroid dienone is 6. The summed E-state index contributed by atoms with van der Waals surface area (Å²) in [6.45, 7) is 16.7. The number of piperidine rings is 1. The molecule has 0 spiro atoms. The van der Waals surface area contributed by atoms with Crippen LogP contribution in [0, 0.1) is 35.5 Å². The Morgan fingerprint density at radius 1 is 0.873 bits per heavy atom. The van der Waals surface area contributed by atoms with E-state index in [1.807, 2.05) is 65.0 Å². The first-order valence-electron chi connectivity index (χ1n) is 26.4. The lowest BCUT2D eigenvalue weighted by Gasteiger charge is -2.42. The molecule has 1 amide bonds. The van der Waals surface area contributed by atoms with E-state index < -0.39 is 79.4 Å². The quantitative estimate of drug-likeness (QED) is 0.0652. The summed E-state index contributed by atoms with van der Waals surface area (Å²) in [5, 5.41) is 23.2. The summed E-state index contributed by atoms with van der Waals surface area (Å²) in [6.07, 6.45) is 14.3. The molecule has 2 bridgehead atoms. The second-order valence-corrected chi connectivity index (χ2v) is 23.3. The van der Waals surface area contributed by atoms with Gasteiger partial charge >= 0.3 is 13.6 Å². The van der Waals surface area contributed by atoms with Gasteiger partial charge in [-0.15, -0.1) is 0 Å². The van der Waals surface area contributed by atoms with Gasteiger partial charge < -0.3 is 43.1 Å². The number of aliphatic hydroxyl groups excluding tert-OH is 1. The molecule has 4 rings (SSSR count).